The van der Waals surface area contributed by atoms with E-state index in [0.29, 0.717) is 35.9 Å². The molecular formula is C19H15FN4O. The molecular weight excluding hydrogens is 319 g/mol. The van der Waals surface area contributed by atoms with Crippen LogP contribution in [-0.4, -0.2) is 16.5 Å². The van der Waals surface area contributed by atoms with Gasteiger partial charge in [0.05, 0.1) is 23.9 Å². The molecule has 25 heavy (non-hydrogen) atoms. The first-order valence-electron chi connectivity index (χ1n) is 8.00. The van der Waals surface area contributed by atoms with Crippen LogP contribution in [0.1, 0.15) is 29.9 Å². The minimum Gasteiger partial charge on any atom is -0.438 e. The Labute approximate surface area is 144 Å². The molecule has 0 saturated carbocycles. The predicted octanol–water partition coefficient (Wildman–Crippen LogP) is 3.87. The Morgan fingerprint density at radius 1 is 1.32 bits per heavy atom. The molecule has 0 N–H and O–H groups in total. The Kier molecular flexibility index (Phi) is 3.69. The van der Waals surface area contributed by atoms with Gasteiger partial charge < -0.3 is 9.32 Å². The normalized spacial score (nSPS) is 16.4. The van der Waals surface area contributed by atoms with Gasteiger partial charge in [-0.25, -0.2) is 9.37 Å². The van der Waals surface area contributed by atoms with Crippen molar-refractivity contribution < 1.29 is 8.81 Å². The lowest BCUT2D eigenvalue weighted by Crippen LogP contribution is -2.32. The highest BCUT2D eigenvalue weighted by atomic mass is 19.1. The summed E-state index contributed by atoms with van der Waals surface area (Å²) in [6.45, 7) is 3.21. The van der Waals surface area contributed by atoms with Crippen LogP contribution in [0.25, 0.3) is 11.6 Å². The SMILES string of the molecule is CC1CN(c2cc(F)cc(C#N)c2)Cc2oc(-c3ccccn3)nc21. The minimum atomic E-state index is -0.417. The van der Waals surface area contributed by atoms with Gasteiger partial charge in [-0.2, -0.15) is 5.26 Å². The fourth-order valence-electron chi connectivity index (χ4n) is 3.13. The van der Waals surface area contributed by atoms with E-state index in [9.17, 15) is 4.39 Å². The molecule has 1 aliphatic heterocycles. The fourth-order valence-corrected chi connectivity index (χ4v) is 3.13. The first-order valence-corrected chi connectivity index (χ1v) is 8.00. The fraction of sp³-hybridized carbons (Fsp3) is 0.211. The van der Waals surface area contributed by atoms with Crippen LogP contribution in [-0.2, 0) is 6.54 Å². The third-order valence-corrected chi connectivity index (χ3v) is 4.28. The molecule has 0 amide bonds. The molecule has 6 heteroatoms. The maximum atomic E-state index is 13.8. The standard InChI is InChI=1S/C19H15FN4O/c1-12-10-24(15-7-13(9-21)6-14(20)8-15)11-17-18(12)23-19(25-17)16-4-2-3-5-22-16/h2-8,12H,10-11H2,1H3. The van der Waals surface area contributed by atoms with Crippen LogP contribution in [0, 0.1) is 17.1 Å². The van der Waals surface area contributed by atoms with E-state index in [0.717, 1.165) is 11.5 Å². The van der Waals surface area contributed by atoms with Gasteiger partial charge in [0.15, 0.2) is 0 Å². The van der Waals surface area contributed by atoms with Gasteiger partial charge >= 0.3 is 0 Å². The number of hydrogen-bond donors (Lipinski definition) is 0. The molecule has 1 aromatic carbocycles. The van der Waals surface area contributed by atoms with E-state index in [-0.39, 0.29) is 5.92 Å². The van der Waals surface area contributed by atoms with Crippen molar-refractivity contribution in [3.63, 3.8) is 0 Å². The molecule has 0 aliphatic carbocycles. The van der Waals surface area contributed by atoms with Crippen LogP contribution in [0.2, 0.25) is 0 Å². The number of anilines is 1. The Bertz CT molecular complexity index is 961. The van der Waals surface area contributed by atoms with Crippen molar-refractivity contribution in [2.45, 2.75) is 19.4 Å². The molecule has 4 rings (SSSR count). The van der Waals surface area contributed by atoms with Gasteiger partial charge in [0.25, 0.3) is 0 Å². The molecule has 3 heterocycles. The van der Waals surface area contributed by atoms with Gasteiger partial charge in [0, 0.05) is 24.3 Å². The monoisotopic (exact) mass is 334 g/mol. The highest BCUT2D eigenvalue weighted by molar-refractivity contribution is 5.54. The first kappa shape index (κ1) is 15.3. The van der Waals surface area contributed by atoms with Crippen molar-refractivity contribution in [2.75, 3.05) is 11.4 Å². The molecule has 1 aliphatic rings. The highest BCUT2D eigenvalue weighted by Gasteiger charge is 2.29. The third-order valence-electron chi connectivity index (χ3n) is 4.28. The van der Waals surface area contributed by atoms with Crippen molar-refractivity contribution in [1.82, 2.24) is 9.97 Å². The Hall–Kier alpha value is -3.20. The largest absolute Gasteiger partial charge is 0.438 e. The van der Waals surface area contributed by atoms with Crippen LogP contribution in [0.5, 0.6) is 0 Å². The zero-order valence-corrected chi connectivity index (χ0v) is 13.6. The molecule has 1 unspecified atom stereocenters. The van der Waals surface area contributed by atoms with Crippen molar-refractivity contribution in [1.29, 1.82) is 5.26 Å². The lowest BCUT2D eigenvalue weighted by molar-refractivity contribution is 0.479. The van der Waals surface area contributed by atoms with E-state index in [4.69, 9.17) is 9.68 Å². The summed E-state index contributed by atoms with van der Waals surface area (Å²) >= 11 is 0. The van der Waals surface area contributed by atoms with E-state index in [1.165, 1.54) is 12.1 Å². The van der Waals surface area contributed by atoms with E-state index >= 15 is 0 Å². The van der Waals surface area contributed by atoms with Crippen LogP contribution < -0.4 is 4.90 Å². The lowest BCUT2D eigenvalue weighted by Gasteiger charge is -2.31. The number of oxazole rings is 1. The smallest absolute Gasteiger partial charge is 0.245 e. The zero-order chi connectivity index (χ0) is 17.4. The van der Waals surface area contributed by atoms with Gasteiger partial charge in [0.2, 0.25) is 5.89 Å². The van der Waals surface area contributed by atoms with Gasteiger partial charge in [-0.05, 0) is 30.3 Å². The third kappa shape index (κ3) is 2.85. The predicted molar refractivity (Wildman–Crippen MR) is 90.3 cm³/mol. The number of hydrogen-bond acceptors (Lipinski definition) is 5. The number of aromatic nitrogens is 2. The Morgan fingerprint density at radius 2 is 2.20 bits per heavy atom. The summed E-state index contributed by atoms with van der Waals surface area (Å²) < 4.78 is 19.7. The number of rotatable bonds is 2. The molecule has 2 aromatic heterocycles. The molecule has 0 radical (unpaired) electrons. The summed E-state index contributed by atoms with van der Waals surface area (Å²) in [7, 11) is 0. The van der Waals surface area contributed by atoms with Crippen molar-refractivity contribution in [3.8, 4) is 17.7 Å². The van der Waals surface area contributed by atoms with Crippen molar-refractivity contribution >= 4 is 5.69 Å². The average Bonchev–Trinajstić information content (AvgIpc) is 3.07. The summed E-state index contributed by atoms with van der Waals surface area (Å²) in [4.78, 5) is 10.9. The summed E-state index contributed by atoms with van der Waals surface area (Å²) in [6, 6.07) is 11.9. The lowest BCUT2D eigenvalue weighted by atomic mass is 10.0. The first-order chi connectivity index (χ1) is 12.1. The van der Waals surface area contributed by atoms with E-state index in [1.54, 1.807) is 12.3 Å². The average molecular weight is 334 g/mol. The maximum Gasteiger partial charge on any atom is 0.245 e. The summed E-state index contributed by atoms with van der Waals surface area (Å²) in [5, 5.41) is 9.05. The highest BCUT2D eigenvalue weighted by Crippen LogP contribution is 2.34. The second kappa shape index (κ2) is 6.02. The molecule has 0 spiro atoms. The van der Waals surface area contributed by atoms with Crippen LogP contribution >= 0.6 is 0 Å². The van der Waals surface area contributed by atoms with E-state index < -0.39 is 5.82 Å². The number of nitriles is 1. The maximum absolute atomic E-state index is 13.8. The van der Waals surface area contributed by atoms with E-state index in [1.807, 2.05) is 29.2 Å². The van der Waals surface area contributed by atoms with Crippen LogP contribution in [0.3, 0.4) is 0 Å². The number of nitrogens with zero attached hydrogens (tertiary/aromatic N) is 4. The number of fused-ring (bicyclic) bond motifs is 1. The summed E-state index contributed by atoms with van der Waals surface area (Å²) in [6.07, 6.45) is 1.70. The van der Waals surface area contributed by atoms with Gasteiger partial charge in [-0.3, -0.25) is 4.98 Å². The molecule has 0 bridgehead atoms. The van der Waals surface area contributed by atoms with Gasteiger partial charge in [-0.15, -0.1) is 0 Å². The van der Waals surface area contributed by atoms with Crippen LogP contribution in [0.4, 0.5) is 10.1 Å². The van der Waals surface area contributed by atoms with Gasteiger partial charge in [0.1, 0.15) is 17.3 Å². The zero-order valence-electron chi connectivity index (χ0n) is 13.6. The number of halogens is 1. The second-order valence-corrected chi connectivity index (χ2v) is 6.13. The second-order valence-electron chi connectivity index (χ2n) is 6.13. The Morgan fingerprint density at radius 3 is 2.96 bits per heavy atom. The summed E-state index contributed by atoms with van der Waals surface area (Å²) in [5.41, 5.74) is 2.58. The molecule has 0 saturated heterocycles. The summed E-state index contributed by atoms with van der Waals surface area (Å²) in [5.74, 6) is 0.955. The van der Waals surface area contributed by atoms with E-state index in [2.05, 4.69) is 16.9 Å². The van der Waals surface area contributed by atoms with Crippen molar-refractivity contribution in [2.24, 2.45) is 0 Å². The number of benzene rings is 1. The quantitative estimate of drug-likeness (QED) is 0.712. The molecule has 0 fully saturated rings. The minimum absolute atomic E-state index is 0.124. The van der Waals surface area contributed by atoms with Gasteiger partial charge in [-0.1, -0.05) is 13.0 Å². The molecule has 124 valence electrons. The molecule has 3 aromatic rings. The van der Waals surface area contributed by atoms with Crippen molar-refractivity contribution in [3.05, 3.63) is 65.4 Å². The molecule has 1 atom stereocenters. The number of pyridine rings is 1. The molecule has 5 nitrogen and oxygen atoms in total. The Balaban J connectivity index is 1.69. The topological polar surface area (TPSA) is 66.0 Å². The van der Waals surface area contributed by atoms with Crippen LogP contribution in [0.15, 0.2) is 47.0 Å².